The summed E-state index contributed by atoms with van der Waals surface area (Å²) in [5.74, 6) is 0.429. The molecule has 0 amide bonds. The lowest BCUT2D eigenvalue weighted by Crippen LogP contribution is -1.97. The van der Waals surface area contributed by atoms with Gasteiger partial charge in [-0.3, -0.25) is 0 Å². The number of methoxy groups -OCH3 is 1. The molecule has 0 saturated heterocycles. The second-order valence-corrected chi connectivity index (χ2v) is 2.34. The van der Waals surface area contributed by atoms with Crippen molar-refractivity contribution in [1.82, 2.24) is 15.0 Å². The summed E-state index contributed by atoms with van der Waals surface area (Å²) in [6.45, 7) is 0. The molecule has 0 fully saturated rings. The summed E-state index contributed by atoms with van der Waals surface area (Å²) in [5, 5.41) is 0.816. The van der Waals surface area contributed by atoms with Crippen molar-refractivity contribution in [2.45, 2.75) is 0 Å². The number of nitrogens with two attached hydrogens (primary N) is 1. The summed E-state index contributed by atoms with van der Waals surface area (Å²) in [4.78, 5) is 10.9. The van der Waals surface area contributed by atoms with E-state index in [1.165, 1.54) is 7.11 Å². The smallest absolute Gasteiger partial charge is 0.320 e. The van der Waals surface area contributed by atoms with Gasteiger partial charge in [-0.2, -0.15) is 9.97 Å². The van der Waals surface area contributed by atoms with Crippen LogP contribution in [0.1, 0.15) is 0 Å². The van der Waals surface area contributed by atoms with E-state index in [1.54, 1.807) is 6.20 Å². The summed E-state index contributed by atoms with van der Waals surface area (Å²) in [5.41, 5.74) is 6.32. The zero-order chi connectivity index (χ0) is 8.55. The second kappa shape index (κ2) is 2.37. The van der Waals surface area contributed by atoms with Crippen molar-refractivity contribution < 1.29 is 4.74 Å². The summed E-state index contributed by atoms with van der Waals surface area (Å²) in [6, 6.07) is 2.10. The van der Waals surface area contributed by atoms with Gasteiger partial charge in [0.15, 0.2) is 0 Å². The van der Waals surface area contributed by atoms with Crippen LogP contribution in [-0.2, 0) is 0 Å². The average Bonchev–Trinajstić information content (AvgIpc) is 2.52. The molecule has 0 bridgehead atoms. The topological polar surface area (TPSA) is 76.8 Å². The fourth-order valence-corrected chi connectivity index (χ4v) is 1.04. The van der Waals surface area contributed by atoms with Crippen LogP contribution in [0.4, 0.5) is 5.82 Å². The Balaban J connectivity index is 2.75. The molecule has 0 unspecified atom stereocenters. The quantitative estimate of drug-likeness (QED) is 0.645. The highest BCUT2D eigenvalue weighted by Crippen LogP contribution is 2.18. The number of nitrogens with one attached hydrogen (secondary N) is 1. The fourth-order valence-electron chi connectivity index (χ4n) is 1.04. The number of rotatable bonds is 1. The minimum absolute atomic E-state index is 0.280. The number of nitrogen functional groups attached to an aromatic ring is 1. The number of aromatic amines is 1. The van der Waals surface area contributed by atoms with Gasteiger partial charge in [0.25, 0.3) is 0 Å². The van der Waals surface area contributed by atoms with Crippen LogP contribution in [0.3, 0.4) is 0 Å². The number of ether oxygens (including phenoxy) is 1. The molecular formula is C7H8N4O. The van der Waals surface area contributed by atoms with Crippen LogP contribution in [0.25, 0.3) is 11.0 Å². The van der Waals surface area contributed by atoms with Crippen LogP contribution < -0.4 is 10.5 Å². The molecule has 12 heavy (non-hydrogen) atoms. The third-order valence-electron chi connectivity index (χ3n) is 1.61. The van der Waals surface area contributed by atoms with Gasteiger partial charge in [-0.15, -0.1) is 0 Å². The van der Waals surface area contributed by atoms with Gasteiger partial charge in [0, 0.05) is 6.20 Å². The van der Waals surface area contributed by atoms with Crippen molar-refractivity contribution in [3.8, 4) is 6.01 Å². The third kappa shape index (κ3) is 0.868. The molecule has 3 N–H and O–H groups in total. The Bertz CT molecular complexity index is 409. The van der Waals surface area contributed by atoms with Gasteiger partial charge in [0.1, 0.15) is 11.5 Å². The van der Waals surface area contributed by atoms with E-state index >= 15 is 0 Å². The Morgan fingerprint density at radius 1 is 1.50 bits per heavy atom. The Morgan fingerprint density at radius 2 is 2.33 bits per heavy atom. The maximum absolute atomic E-state index is 5.63. The number of aromatic nitrogens is 3. The molecule has 5 nitrogen and oxygen atoms in total. The predicted octanol–water partition coefficient (Wildman–Crippen LogP) is 0.549. The molecule has 0 aliphatic heterocycles. The Hall–Kier alpha value is -1.78. The van der Waals surface area contributed by atoms with E-state index in [9.17, 15) is 0 Å². The largest absolute Gasteiger partial charge is 0.467 e. The lowest BCUT2D eigenvalue weighted by molar-refractivity contribution is 0.382. The van der Waals surface area contributed by atoms with Gasteiger partial charge < -0.3 is 15.5 Å². The zero-order valence-electron chi connectivity index (χ0n) is 6.53. The summed E-state index contributed by atoms with van der Waals surface area (Å²) in [6.07, 6.45) is 1.76. The van der Waals surface area contributed by atoms with Crippen LogP contribution in [-0.4, -0.2) is 22.1 Å². The molecule has 0 aliphatic rings. The van der Waals surface area contributed by atoms with E-state index in [1.807, 2.05) is 6.07 Å². The number of hydrogen-bond acceptors (Lipinski definition) is 4. The van der Waals surface area contributed by atoms with E-state index in [0.29, 0.717) is 11.5 Å². The lowest BCUT2D eigenvalue weighted by Gasteiger charge is -1.98. The van der Waals surface area contributed by atoms with Crippen molar-refractivity contribution in [2.75, 3.05) is 12.8 Å². The van der Waals surface area contributed by atoms with E-state index in [0.717, 1.165) is 5.39 Å². The normalized spacial score (nSPS) is 10.4. The van der Waals surface area contributed by atoms with Crippen LogP contribution in [0.2, 0.25) is 0 Å². The molecule has 0 aliphatic carbocycles. The Kier molecular flexibility index (Phi) is 1.36. The summed E-state index contributed by atoms with van der Waals surface area (Å²) >= 11 is 0. The molecule has 0 atom stereocenters. The van der Waals surface area contributed by atoms with Gasteiger partial charge >= 0.3 is 6.01 Å². The average molecular weight is 164 g/mol. The molecule has 2 heterocycles. The molecule has 62 valence electrons. The van der Waals surface area contributed by atoms with Crippen molar-refractivity contribution in [3.63, 3.8) is 0 Å². The first-order valence-electron chi connectivity index (χ1n) is 3.46. The number of nitrogens with zero attached hydrogens (tertiary/aromatic N) is 2. The van der Waals surface area contributed by atoms with Crippen LogP contribution in [0.5, 0.6) is 6.01 Å². The number of hydrogen-bond donors (Lipinski definition) is 2. The minimum atomic E-state index is 0.280. The lowest BCUT2D eigenvalue weighted by atomic mass is 10.4. The molecular weight excluding hydrogens is 156 g/mol. The molecule has 5 heteroatoms. The molecule has 2 aromatic rings. The van der Waals surface area contributed by atoms with Crippen molar-refractivity contribution in [3.05, 3.63) is 12.3 Å². The first-order valence-corrected chi connectivity index (χ1v) is 3.46. The zero-order valence-corrected chi connectivity index (χ0v) is 6.53. The molecule has 2 aromatic heterocycles. The van der Waals surface area contributed by atoms with Gasteiger partial charge in [0.05, 0.1) is 12.5 Å². The highest BCUT2D eigenvalue weighted by atomic mass is 16.5. The molecule has 2 rings (SSSR count). The van der Waals surface area contributed by atoms with Crippen molar-refractivity contribution in [2.24, 2.45) is 0 Å². The summed E-state index contributed by atoms with van der Waals surface area (Å²) < 4.78 is 4.85. The monoisotopic (exact) mass is 164 g/mol. The number of anilines is 1. The van der Waals surface area contributed by atoms with E-state index in [4.69, 9.17) is 10.5 Å². The van der Waals surface area contributed by atoms with Gasteiger partial charge in [0.2, 0.25) is 0 Å². The Morgan fingerprint density at radius 3 is 3.08 bits per heavy atom. The maximum Gasteiger partial charge on any atom is 0.320 e. The van der Waals surface area contributed by atoms with Gasteiger partial charge in [-0.05, 0) is 6.07 Å². The van der Waals surface area contributed by atoms with E-state index in [-0.39, 0.29) is 6.01 Å². The predicted molar refractivity (Wildman–Crippen MR) is 44.9 cm³/mol. The molecule has 0 saturated carbocycles. The number of H-pyrrole nitrogens is 1. The highest BCUT2D eigenvalue weighted by molar-refractivity contribution is 5.85. The summed E-state index contributed by atoms with van der Waals surface area (Å²) in [7, 11) is 1.50. The van der Waals surface area contributed by atoms with Crippen molar-refractivity contribution >= 4 is 16.9 Å². The SMILES string of the molecule is COc1nc(N)c2cc[nH]c2n1. The highest BCUT2D eigenvalue weighted by Gasteiger charge is 2.04. The maximum atomic E-state index is 5.63. The fraction of sp³-hybridized carbons (Fsp3) is 0.143. The second-order valence-electron chi connectivity index (χ2n) is 2.34. The first-order chi connectivity index (χ1) is 5.81. The third-order valence-corrected chi connectivity index (χ3v) is 1.61. The molecule has 0 radical (unpaired) electrons. The van der Waals surface area contributed by atoms with Crippen LogP contribution in [0.15, 0.2) is 12.3 Å². The minimum Gasteiger partial charge on any atom is -0.467 e. The van der Waals surface area contributed by atoms with Crippen LogP contribution in [0, 0.1) is 0 Å². The van der Waals surface area contributed by atoms with E-state index in [2.05, 4.69) is 15.0 Å². The van der Waals surface area contributed by atoms with Gasteiger partial charge in [-0.25, -0.2) is 0 Å². The molecule has 0 aromatic carbocycles. The Labute approximate surface area is 68.6 Å². The number of fused-ring (bicyclic) bond motifs is 1. The van der Waals surface area contributed by atoms with Crippen molar-refractivity contribution in [1.29, 1.82) is 0 Å². The van der Waals surface area contributed by atoms with E-state index < -0.39 is 0 Å². The standard InChI is InChI=1S/C7H8N4O/c1-12-7-10-5(8)4-2-3-9-6(4)11-7/h2-3H,1H3,(H3,8,9,10,11). The van der Waals surface area contributed by atoms with Crippen LogP contribution >= 0.6 is 0 Å². The molecule has 0 spiro atoms. The first kappa shape index (κ1) is 6.90. The van der Waals surface area contributed by atoms with Gasteiger partial charge in [-0.1, -0.05) is 0 Å².